The molecule has 1 aromatic carbocycles. The van der Waals surface area contributed by atoms with Crippen molar-refractivity contribution in [2.45, 2.75) is 52.6 Å². The summed E-state index contributed by atoms with van der Waals surface area (Å²) in [5.41, 5.74) is 4.08. The van der Waals surface area contributed by atoms with Crippen LogP contribution in [0.25, 0.3) is 22.3 Å². The fraction of sp³-hybridized carbons (Fsp3) is 0.346. The molecular formula is C26H28N4O2. The van der Waals surface area contributed by atoms with Crippen molar-refractivity contribution in [3.05, 3.63) is 71.3 Å². The maximum Gasteiger partial charge on any atom is 0.252 e. The van der Waals surface area contributed by atoms with Crippen LogP contribution in [0.5, 0.6) is 0 Å². The molecule has 3 heterocycles. The Morgan fingerprint density at radius 3 is 2.53 bits per heavy atom. The fourth-order valence-corrected chi connectivity index (χ4v) is 4.39. The zero-order valence-electron chi connectivity index (χ0n) is 18.9. The Bertz CT molecular complexity index is 1280. The van der Waals surface area contributed by atoms with Gasteiger partial charge >= 0.3 is 0 Å². The van der Waals surface area contributed by atoms with E-state index in [4.69, 9.17) is 9.40 Å². The van der Waals surface area contributed by atoms with E-state index < -0.39 is 0 Å². The summed E-state index contributed by atoms with van der Waals surface area (Å²) in [7, 11) is 0. The van der Waals surface area contributed by atoms with Crippen molar-refractivity contribution in [1.82, 2.24) is 20.1 Å². The van der Waals surface area contributed by atoms with Crippen LogP contribution in [0.4, 0.5) is 0 Å². The maximum atomic E-state index is 13.6. The van der Waals surface area contributed by atoms with Crippen LogP contribution in [0.2, 0.25) is 0 Å². The van der Waals surface area contributed by atoms with Crippen LogP contribution in [0.1, 0.15) is 66.2 Å². The summed E-state index contributed by atoms with van der Waals surface area (Å²) in [4.78, 5) is 18.5. The molecule has 32 heavy (non-hydrogen) atoms. The van der Waals surface area contributed by atoms with Gasteiger partial charge in [0.05, 0.1) is 28.9 Å². The van der Waals surface area contributed by atoms with Gasteiger partial charge in [-0.3, -0.25) is 4.79 Å². The van der Waals surface area contributed by atoms with Gasteiger partial charge in [0.15, 0.2) is 5.65 Å². The van der Waals surface area contributed by atoms with E-state index in [0.717, 1.165) is 46.6 Å². The second-order valence-electron chi connectivity index (χ2n) is 9.00. The molecule has 0 radical (unpaired) electrons. The average Bonchev–Trinajstić information content (AvgIpc) is 3.43. The number of fused-ring (bicyclic) bond motifs is 1. The van der Waals surface area contributed by atoms with Crippen molar-refractivity contribution in [3.63, 3.8) is 0 Å². The number of benzene rings is 1. The zero-order valence-corrected chi connectivity index (χ0v) is 18.9. The highest BCUT2D eigenvalue weighted by atomic mass is 16.3. The van der Waals surface area contributed by atoms with Gasteiger partial charge in [-0.1, -0.05) is 30.3 Å². The van der Waals surface area contributed by atoms with Gasteiger partial charge in [-0.2, -0.15) is 5.10 Å². The first kappa shape index (κ1) is 20.5. The average molecular weight is 429 g/mol. The molecule has 1 unspecified atom stereocenters. The lowest BCUT2D eigenvalue weighted by molar-refractivity contribution is 0.0933. The Kier molecular flexibility index (Phi) is 5.08. The van der Waals surface area contributed by atoms with Crippen LogP contribution in [0, 0.1) is 19.8 Å². The van der Waals surface area contributed by atoms with Crippen molar-refractivity contribution in [1.29, 1.82) is 0 Å². The molecule has 4 aromatic rings. The first-order valence-corrected chi connectivity index (χ1v) is 11.2. The smallest absolute Gasteiger partial charge is 0.252 e. The number of hydrogen-bond acceptors (Lipinski definition) is 4. The van der Waals surface area contributed by atoms with Crippen molar-refractivity contribution in [3.8, 4) is 11.3 Å². The van der Waals surface area contributed by atoms with Crippen LogP contribution in [0.3, 0.4) is 0 Å². The number of carbonyl (C=O) groups excluding carboxylic acids is 1. The molecule has 1 saturated carbocycles. The summed E-state index contributed by atoms with van der Waals surface area (Å²) in [5.74, 6) is 1.99. The molecule has 1 fully saturated rings. The number of pyridine rings is 1. The number of aromatic nitrogens is 3. The molecule has 6 heteroatoms. The molecule has 3 aromatic heterocycles. The Labute approximate surface area is 187 Å². The van der Waals surface area contributed by atoms with Gasteiger partial charge in [-0.15, -0.1) is 0 Å². The molecule has 0 bridgehead atoms. The van der Waals surface area contributed by atoms with Gasteiger partial charge in [0.2, 0.25) is 0 Å². The normalized spacial score (nSPS) is 14.8. The molecule has 1 amide bonds. The minimum Gasteiger partial charge on any atom is -0.466 e. The van der Waals surface area contributed by atoms with Crippen molar-refractivity contribution < 1.29 is 9.21 Å². The molecule has 1 N–H and O–H groups in total. The predicted molar refractivity (Wildman–Crippen MR) is 124 cm³/mol. The van der Waals surface area contributed by atoms with E-state index >= 15 is 0 Å². The summed E-state index contributed by atoms with van der Waals surface area (Å²) in [5, 5.41) is 8.61. The second kappa shape index (κ2) is 7.93. The predicted octanol–water partition coefficient (Wildman–Crippen LogP) is 5.77. The van der Waals surface area contributed by atoms with Crippen LogP contribution in [-0.2, 0) is 0 Å². The first-order valence-electron chi connectivity index (χ1n) is 11.2. The van der Waals surface area contributed by atoms with Crippen molar-refractivity contribution in [2.24, 2.45) is 5.92 Å². The van der Waals surface area contributed by atoms with E-state index in [-0.39, 0.29) is 18.0 Å². The van der Waals surface area contributed by atoms with E-state index in [2.05, 4.69) is 36.4 Å². The number of hydrogen-bond donors (Lipinski definition) is 1. The van der Waals surface area contributed by atoms with Crippen LogP contribution in [0.15, 0.2) is 53.1 Å². The number of carbonyl (C=O) groups is 1. The van der Waals surface area contributed by atoms with E-state index in [1.165, 1.54) is 0 Å². The third-order valence-electron chi connectivity index (χ3n) is 6.16. The number of furan rings is 1. The highest BCUT2D eigenvalue weighted by Gasteiger charge is 2.34. The molecule has 1 aliphatic carbocycles. The van der Waals surface area contributed by atoms with Gasteiger partial charge in [-0.05, 0) is 64.2 Å². The zero-order chi connectivity index (χ0) is 22.4. The third-order valence-corrected chi connectivity index (χ3v) is 6.16. The number of rotatable bonds is 6. The molecule has 1 aliphatic rings. The SMILES string of the molecule is Cc1cc(-c2cc(C(=O)NC(c3ccccc3)C3CC3)c3cnn(C(C)C)c3n2)c(C)o1. The van der Waals surface area contributed by atoms with E-state index in [1.54, 1.807) is 6.20 Å². The minimum atomic E-state index is -0.0967. The van der Waals surface area contributed by atoms with Crippen molar-refractivity contribution >= 4 is 16.9 Å². The minimum absolute atomic E-state index is 0.00779. The molecule has 6 nitrogen and oxygen atoms in total. The lowest BCUT2D eigenvalue weighted by Gasteiger charge is -2.19. The molecular weight excluding hydrogens is 400 g/mol. The fourth-order valence-electron chi connectivity index (χ4n) is 4.39. The van der Waals surface area contributed by atoms with E-state index in [1.807, 2.05) is 48.9 Å². The summed E-state index contributed by atoms with van der Waals surface area (Å²) in [6.45, 7) is 7.96. The Morgan fingerprint density at radius 2 is 1.91 bits per heavy atom. The highest BCUT2D eigenvalue weighted by molar-refractivity contribution is 6.06. The summed E-state index contributed by atoms with van der Waals surface area (Å²) < 4.78 is 7.61. The molecule has 1 atom stereocenters. The van der Waals surface area contributed by atoms with Crippen molar-refractivity contribution in [2.75, 3.05) is 0 Å². The summed E-state index contributed by atoms with van der Waals surface area (Å²) >= 11 is 0. The monoisotopic (exact) mass is 428 g/mol. The largest absolute Gasteiger partial charge is 0.466 e. The number of nitrogens with one attached hydrogen (secondary N) is 1. The number of nitrogens with zero attached hydrogens (tertiary/aromatic N) is 3. The van der Waals surface area contributed by atoms with E-state index in [9.17, 15) is 4.79 Å². The van der Waals surface area contributed by atoms with Gasteiger partial charge in [0.1, 0.15) is 11.5 Å². The van der Waals surface area contributed by atoms with Gasteiger partial charge in [-0.25, -0.2) is 9.67 Å². The van der Waals surface area contributed by atoms with E-state index in [0.29, 0.717) is 17.1 Å². The summed E-state index contributed by atoms with van der Waals surface area (Å²) in [6, 6.07) is 14.2. The third kappa shape index (κ3) is 3.70. The van der Waals surface area contributed by atoms with Gasteiger partial charge in [0, 0.05) is 11.6 Å². The maximum absolute atomic E-state index is 13.6. The number of aryl methyl sites for hydroxylation is 2. The van der Waals surface area contributed by atoms with Crippen LogP contribution >= 0.6 is 0 Å². The molecule has 5 rings (SSSR count). The van der Waals surface area contributed by atoms with Crippen LogP contribution in [-0.4, -0.2) is 20.7 Å². The Morgan fingerprint density at radius 1 is 1.16 bits per heavy atom. The van der Waals surface area contributed by atoms with Gasteiger partial charge < -0.3 is 9.73 Å². The Hall–Kier alpha value is -3.41. The number of amides is 1. The standard InChI is InChI=1S/C26H28N4O2/c1-15(2)30-25-22(14-27-30)21(13-23(28-25)20-12-16(3)32-17(20)4)26(31)29-24(19-10-11-19)18-8-6-5-7-9-18/h5-9,12-15,19,24H,10-11H2,1-4H3,(H,29,31). The van der Waals surface area contributed by atoms with Crippen LogP contribution < -0.4 is 5.32 Å². The quantitative estimate of drug-likeness (QED) is 0.423. The first-order chi connectivity index (χ1) is 15.4. The summed E-state index contributed by atoms with van der Waals surface area (Å²) in [6.07, 6.45) is 4.02. The second-order valence-corrected chi connectivity index (χ2v) is 9.00. The lowest BCUT2D eigenvalue weighted by atomic mass is 10.0. The molecule has 164 valence electrons. The lowest BCUT2D eigenvalue weighted by Crippen LogP contribution is -2.30. The topological polar surface area (TPSA) is 73.0 Å². The highest BCUT2D eigenvalue weighted by Crippen LogP contribution is 2.41. The van der Waals surface area contributed by atoms with Gasteiger partial charge in [0.25, 0.3) is 5.91 Å². The Balaban J connectivity index is 1.60. The molecule has 0 spiro atoms. The molecule has 0 saturated heterocycles. The molecule has 0 aliphatic heterocycles.